The molecule has 1 atom stereocenters. The van der Waals surface area contributed by atoms with Gasteiger partial charge in [0.1, 0.15) is 0 Å². The van der Waals surface area contributed by atoms with Crippen molar-refractivity contribution in [3.8, 4) is 0 Å². The molecule has 3 heteroatoms. The number of carbonyl (C=O) groups is 1. The predicted molar refractivity (Wildman–Crippen MR) is 74.5 cm³/mol. The molecule has 3 nitrogen and oxygen atoms in total. The lowest BCUT2D eigenvalue weighted by Crippen LogP contribution is -2.01. The fourth-order valence-electron chi connectivity index (χ4n) is 2.08. The first kappa shape index (κ1) is 13.6. The molecule has 1 aliphatic rings. The van der Waals surface area contributed by atoms with Crippen LogP contribution in [0.2, 0.25) is 0 Å². The Balaban J connectivity index is 1.99. The maximum Gasteiger partial charge on any atom is 0.330 e. The van der Waals surface area contributed by atoms with E-state index in [0.717, 1.165) is 6.42 Å². The second-order valence-electron chi connectivity index (χ2n) is 4.50. The summed E-state index contributed by atoms with van der Waals surface area (Å²) in [5.74, 6) is 0.0358. The minimum atomic E-state index is -0.312. The van der Waals surface area contributed by atoms with Crippen LogP contribution in [0.1, 0.15) is 12.0 Å². The second-order valence-corrected chi connectivity index (χ2v) is 4.50. The summed E-state index contributed by atoms with van der Waals surface area (Å²) < 4.78 is 10.1. The van der Waals surface area contributed by atoms with Gasteiger partial charge in [0.25, 0.3) is 0 Å². The summed E-state index contributed by atoms with van der Waals surface area (Å²) in [6.45, 7) is 1.38. The third-order valence-corrected chi connectivity index (χ3v) is 3.14. The molecule has 1 fully saturated rings. The first-order chi connectivity index (χ1) is 9.29. The molecule has 0 spiro atoms. The van der Waals surface area contributed by atoms with Gasteiger partial charge in [-0.05, 0) is 17.6 Å². The number of ether oxygens (including phenoxy) is 2. The van der Waals surface area contributed by atoms with Crippen LogP contribution < -0.4 is 0 Å². The monoisotopic (exact) mass is 258 g/mol. The Morgan fingerprint density at radius 3 is 2.95 bits per heavy atom. The number of methoxy groups -OCH3 is 1. The van der Waals surface area contributed by atoms with E-state index in [1.54, 1.807) is 0 Å². The summed E-state index contributed by atoms with van der Waals surface area (Å²) in [5.41, 5.74) is 2.46. The van der Waals surface area contributed by atoms with Gasteiger partial charge in [0.05, 0.1) is 20.3 Å². The summed E-state index contributed by atoms with van der Waals surface area (Å²) in [6, 6.07) is 10.2. The fourth-order valence-corrected chi connectivity index (χ4v) is 2.08. The van der Waals surface area contributed by atoms with Gasteiger partial charge in [-0.3, -0.25) is 0 Å². The number of rotatable bonds is 4. The molecule has 1 heterocycles. The average Bonchev–Trinajstić information content (AvgIpc) is 2.87. The van der Waals surface area contributed by atoms with Crippen molar-refractivity contribution in [1.29, 1.82) is 0 Å². The van der Waals surface area contributed by atoms with Crippen molar-refractivity contribution < 1.29 is 14.3 Å². The van der Waals surface area contributed by atoms with Crippen molar-refractivity contribution in [3.63, 3.8) is 0 Å². The highest BCUT2D eigenvalue weighted by molar-refractivity contribution is 5.81. The Hall–Kier alpha value is -1.87. The van der Waals surface area contributed by atoms with E-state index < -0.39 is 0 Å². The molecule has 0 N–H and O–H groups in total. The van der Waals surface area contributed by atoms with E-state index in [0.29, 0.717) is 19.1 Å². The molecular formula is C16H18O3. The van der Waals surface area contributed by atoms with E-state index in [4.69, 9.17) is 4.74 Å². The lowest BCUT2D eigenvalue weighted by Gasteiger charge is -2.06. The molecule has 0 aliphatic carbocycles. The van der Waals surface area contributed by atoms with Crippen molar-refractivity contribution in [3.05, 3.63) is 53.6 Å². The maximum atomic E-state index is 11.0. The Bertz CT molecular complexity index is 474. The van der Waals surface area contributed by atoms with E-state index in [9.17, 15) is 4.79 Å². The van der Waals surface area contributed by atoms with Crippen molar-refractivity contribution in [2.45, 2.75) is 6.42 Å². The van der Waals surface area contributed by atoms with Crippen molar-refractivity contribution >= 4 is 12.0 Å². The van der Waals surface area contributed by atoms with Gasteiger partial charge in [-0.2, -0.15) is 0 Å². The summed E-state index contributed by atoms with van der Waals surface area (Å²) in [4.78, 5) is 11.0. The summed E-state index contributed by atoms with van der Waals surface area (Å²) in [5, 5.41) is 0. The molecule has 1 aromatic rings. The molecule has 100 valence electrons. The molecule has 19 heavy (non-hydrogen) atoms. The van der Waals surface area contributed by atoms with Gasteiger partial charge in [-0.1, -0.05) is 42.5 Å². The van der Waals surface area contributed by atoms with Crippen molar-refractivity contribution in [2.75, 3.05) is 20.3 Å². The predicted octanol–water partition coefficient (Wildman–Crippen LogP) is 2.84. The van der Waals surface area contributed by atoms with Crippen LogP contribution in [0.15, 0.2) is 48.1 Å². The summed E-state index contributed by atoms with van der Waals surface area (Å²) >= 11 is 0. The topological polar surface area (TPSA) is 35.5 Å². The van der Waals surface area contributed by atoms with Gasteiger partial charge >= 0.3 is 5.97 Å². The van der Waals surface area contributed by atoms with Crippen LogP contribution in [-0.4, -0.2) is 26.3 Å². The smallest absolute Gasteiger partial charge is 0.330 e. The molecule has 2 rings (SSSR count). The van der Waals surface area contributed by atoms with E-state index in [1.807, 2.05) is 24.3 Å². The minimum absolute atomic E-state index is 0.312. The highest BCUT2D eigenvalue weighted by Gasteiger charge is 2.20. The zero-order chi connectivity index (χ0) is 13.5. The van der Waals surface area contributed by atoms with Gasteiger partial charge in [0.15, 0.2) is 0 Å². The Kier molecular flexibility index (Phi) is 4.93. The second kappa shape index (κ2) is 6.90. The van der Waals surface area contributed by atoms with E-state index in [1.165, 1.54) is 24.3 Å². The Labute approximate surface area is 113 Å². The minimum Gasteiger partial charge on any atom is -0.466 e. The first-order valence-corrected chi connectivity index (χ1v) is 6.37. The van der Waals surface area contributed by atoms with Crippen LogP contribution in [0.25, 0.3) is 6.08 Å². The SMILES string of the molecule is COC(=O)/C=C/C[C@H]1COC/C1=C\c1ccccc1. The Morgan fingerprint density at radius 1 is 1.42 bits per heavy atom. The molecule has 0 amide bonds. The maximum absolute atomic E-state index is 11.0. The van der Waals surface area contributed by atoms with Crippen LogP contribution in [0.3, 0.4) is 0 Å². The zero-order valence-electron chi connectivity index (χ0n) is 11.0. The van der Waals surface area contributed by atoms with Crippen LogP contribution >= 0.6 is 0 Å². The highest BCUT2D eigenvalue weighted by Crippen LogP contribution is 2.25. The number of esters is 1. The van der Waals surface area contributed by atoms with Gasteiger partial charge in [0, 0.05) is 12.0 Å². The molecule has 0 aromatic heterocycles. The largest absolute Gasteiger partial charge is 0.466 e. The fraction of sp³-hybridized carbons (Fsp3) is 0.312. The normalized spacial score (nSPS) is 21.1. The van der Waals surface area contributed by atoms with Gasteiger partial charge < -0.3 is 9.47 Å². The van der Waals surface area contributed by atoms with Crippen LogP contribution in [0.5, 0.6) is 0 Å². The van der Waals surface area contributed by atoms with E-state index >= 15 is 0 Å². The standard InChI is InChI=1S/C16H18O3/c1-18-16(17)9-5-8-14-11-19-12-15(14)10-13-6-3-2-4-7-13/h2-7,9-10,14H,8,11-12H2,1H3/b9-5+,15-10+/t14-/m0/s1. The third-order valence-electron chi connectivity index (χ3n) is 3.14. The summed E-state index contributed by atoms with van der Waals surface area (Å²) in [7, 11) is 1.38. The van der Waals surface area contributed by atoms with E-state index in [2.05, 4.69) is 22.9 Å². The molecule has 0 radical (unpaired) electrons. The van der Waals surface area contributed by atoms with Gasteiger partial charge in [0.2, 0.25) is 0 Å². The Morgan fingerprint density at radius 2 is 2.21 bits per heavy atom. The van der Waals surface area contributed by atoms with Crippen LogP contribution in [-0.2, 0) is 14.3 Å². The molecule has 0 unspecified atom stereocenters. The zero-order valence-corrected chi connectivity index (χ0v) is 11.0. The number of hydrogen-bond acceptors (Lipinski definition) is 3. The summed E-state index contributed by atoms with van der Waals surface area (Å²) in [6.07, 6.45) is 6.29. The number of allylic oxidation sites excluding steroid dienone is 1. The van der Waals surface area contributed by atoms with Crippen LogP contribution in [0, 0.1) is 5.92 Å². The lowest BCUT2D eigenvalue weighted by molar-refractivity contribution is -0.134. The first-order valence-electron chi connectivity index (χ1n) is 6.37. The van der Waals surface area contributed by atoms with Gasteiger partial charge in [-0.15, -0.1) is 0 Å². The molecule has 1 aliphatic heterocycles. The number of carbonyl (C=O) groups excluding carboxylic acids is 1. The van der Waals surface area contributed by atoms with Gasteiger partial charge in [-0.25, -0.2) is 4.79 Å². The quantitative estimate of drug-likeness (QED) is 0.615. The molecular weight excluding hydrogens is 240 g/mol. The molecule has 1 aromatic carbocycles. The molecule has 1 saturated heterocycles. The lowest BCUT2D eigenvalue weighted by atomic mass is 9.97. The molecule has 0 saturated carbocycles. The van der Waals surface area contributed by atoms with Crippen LogP contribution in [0.4, 0.5) is 0 Å². The van der Waals surface area contributed by atoms with E-state index in [-0.39, 0.29) is 5.97 Å². The highest BCUT2D eigenvalue weighted by atomic mass is 16.5. The number of benzene rings is 1. The third kappa shape index (κ3) is 4.07. The number of hydrogen-bond donors (Lipinski definition) is 0. The molecule has 0 bridgehead atoms. The van der Waals surface area contributed by atoms with Crippen molar-refractivity contribution in [2.24, 2.45) is 5.92 Å². The average molecular weight is 258 g/mol. The van der Waals surface area contributed by atoms with Crippen molar-refractivity contribution in [1.82, 2.24) is 0 Å².